The van der Waals surface area contributed by atoms with Gasteiger partial charge in [-0.05, 0) is 59.4 Å². The first-order valence-electron chi connectivity index (χ1n) is 11.2. The lowest BCUT2D eigenvalue weighted by Crippen LogP contribution is -2.27. The van der Waals surface area contributed by atoms with Gasteiger partial charge in [0, 0.05) is 6.20 Å². The van der Waals surface area contributed by atoms with Gasteiger partial charge in [0.05, 0.1) is 43.0 Å². The van der Waals surface area contributed by atoms with Gasteiger partial charge in [0.2, 0.25) is 5.88 Å². The summed E-state index contributed by atoms with van der Waals surface area (Å²) in [5.41, 5.74) is 4.95. The van der Waals surface area contributed by atoms with Gasteiger partial charge >= 0.3 is 0 Å². The Morgan fingerprint density at radius 1 is 1.20 bits per heavy atom. The number of nitrogens with zero attached hydrogens (tertiary/aromatic N) is 4. The number of fused-ring (bicyclic) bond motifs is 1. The van der Waals surface area contributed by atoms with E-state index in [-0.39, 0.29) is 17.8 Å². The molecular weight excluding hydrogens is 442 g/mol. The first-order chi connectivity index (χ1) is 17.1. The molecule has 1 amide bonds. The molecule has 0 aliphatic heterocycles. The zero-order valence-corrected chi connectivity index (χ0v) is 19.1. The molecule has 174 valence electrons. The molecule has 2 aromatic heterocycles. The van der Waals surface area contributed by atoms with Gasteiger partial charge in [-0.15, -0.1) is 0 Å². The lowest BCUT2D eigenvalue weighted by Gasteiger charge is -2.15. The summed E-state index contributed by atoms with van der Waals surface area (Å²) in [6.07, 6.45) is 5.10. The van der Waals surface area contributed by atoms with Gasteiger partial charge in [0.1, 0.15) is 5.75 Å². The number of carbonyl (C=O) groups is 1. The van der Waals surface area contributed by atoms with E-state index in [0.29, 0.717) is 23.4 Å². The number of pyridine rings is 1. The molecule has 0 saturated heterocycles. The minimum Gasteiger partial charge on any atom is -0.497 e. The summed E-state index contributed by atoms with van der Waals surface area (Å²) in [7, 11) is 1.63. The van der Waals surface area contributed by atoms with Crippen LogP contribution in [0.15, 0.2) is 67.0 Å². The molecule has 1 aliphatic rings. The van der Waals surface area contributed by atoms with E-state index < -0.39 is 0 Å². The molecule has 2 N–H and O–H groups in total. The van der Waals surface area contributed by atoms with Gasteiger partial charge in [0.15, 0.2) is 5.82 Å². The van der Waals surface area contributed by atoms with Crippen molar-refractivity contribution >= 4 is 5.91 Å². The van der Waals surface area contributed by atoms with E-state index >= 15 is 0 Å². The van der Waals surface area contributed by atoms with Crippen LogP contribution >= 0.6 is 0 Å². The topological polar surface area (TPSA) is 113 Å². The van der Waals surface area contributed by atoms with Gasteiger partial charge in [-0.2, -0.15) is 15.0 Å². The molecule has 1 atom stereocenters. The fraction of sp³-hybridized carbons (Fsp3) is 0.185. The number of hydrogen-bond acceptors (Lipinski definition) is 6. The Labute approximate surface area is 202 Å². The highest BCUT2D eigenvalue weighted by Crippen LogP contribution is 2.34. The number of benzene rings is 2. The third-order valence-electron chi connectivity index (χ3n) is 6.26. The van der Waals surface area contributed by atoms with E-state index in [0.717, 1.165) is 35.3 Å². The Kier molecular flexibility index (Phi) is 5.90. The molecule has 35 heavy (non-hydrogen) atoms. The quantitative estimate of drug-likeness (QED) is 0.443. The van der Waals surface area contributed by atoms with Crippen LogP contribution < -0.4 is 10.1 Å². The highest BCUT2D eigenvalue weighted by molar-refractivity contribution is 5.94. The Hall–Kier alpha value is -4.64. The van der Waals surface area contributed by atoms with Gasteiger partial charge in [-0.1, -0.05) is 30.3 Å². The van der Waals surface area contributed by atoms with Gasteiger partial charge in [-0.3, -0.25) is 4.79 Å². The number of amides is 1. The molecule has 8 nitrogen and oxygen atoms in total. The minimum atomic E-state index is -0.215. The average molecular weight is 466 g/mol. The van der Waals surface area contributed by atoms with Crippen LogP contribution in [0.5, 0.6) is 11.6 Å². The number of aryl methyl sites for hydroxylation is 1. The Morgan fingerprint density at radius 3 is 2.74 bits per heavy atom. The Bertz CT molecular complexity index is 1420. The number of hydrogen-bond donors (Lipinski definition) is 2. The zero-order chi connectivity index (χ0) is 24.4. The van der Waals surface area contributed by atoms with E-state index in [1.807, 2.05) is 42.5 Å². The second kappa shape index (κ2) is 9.31. The number of nitrogens with one attached hydrogen (secondary N) is 1. The SMILES string of the molecule is COc1ccc2c(c1)C(NC(=O)c1ccc(-n3ncc(-c4ccc(CC#N)cc4)c3O)nc1)CC2. The summed E-state index contributed by atoms with van der Waals surface area (Å²) in [6, 6.07) is 18.7. The summed E-state index contributed by atoms with van der Waals surface area (Å²) >= 11 is 0. The van der Waals surface area contributed by atoms with E-state index in [4.69, 9.17) is 10.00 Å². The van der Waals surface area contributed by atoms with Crippen LogP contribution in [-0.2, 0) is 12.8 Å². The lowest BCUT2D eigenvalue weighted by molar-refractivity contribution is 0.0936. The van der Waals surface area contributed by atoms with E-state index in [1.165, 1.54) is 16.4 Å². The van der Waals surface area contributed by atoms with Crippen LogP contribution in [-0.4, -0.2) is 32.9 Å². The van der Waals surface area contributed by atoms with Crippen molar-refractivity contribution in [1.29, 1.82) is 5.26 Å². The molecule has 2 aromatic carbocycles. The number of aromatic nitrogens is 3. The maximum Gasteiger partial charge on any atom is 0.253 e. The van der Waals surface area contributed by atoms with E-state index in [2.05, 4.69) is 21.5 Å². The second-order valence-electron chi connectivity index (χ2n) is 8.36. The van der Waals surface area contributed by atoms with Gasteiger partial charge in [-0.25, -0.2) is 4.98 Å². The molecule has 0 spiro atoms. The van der Waals surface area contributed by atoms with Crippen molar-refractivity contribution < 1.29 is 14.6 Å². The van der Waals surface area contributed by atoms with Crippen LogP contribution in [0.3, 0.4) is 0 Å². The number of rotatable bonds is 6. The second-order valence-corrected chi connectivity index (χ2v) is 8.36. The third kappa shape index (κ3) is 4.32. The van der Waals surface area contributed by atoms with Crippen molar-refractivity contribution in [3.8, 4) is 34.6 Å². The molecule has 0 fully saturated rings. The lowest BCUT2D eigenvalue weighted by atomic mass is 10.1. The smallest absolute Gasteiger partial charge is 0.253 e. The minimum absolute atomic E-state index is 0.0563. The first-order valence-corrected chi connectivity index (χ1v) is 11.2. The van der Waals surface area contributed by atoms with Crippen molar-refractivity contribution in [2.45, 2.75) is 25.3 Å². The molecule has 8 heteroatoms. The highest BCUT2D eigenvalue weighted by Gasteiger charge is 2.25. The first kappa shape index (κ1) is 22.2. The summed E-state index contributed by atoms with van der Waals surface area (Å²) in [5.74, 6) is 0.890. The average Bonchev–Trinajstić information content (AvgIpc) is 3.47. The Morgan fingerprint density at radius 2 is 2.03 bits per heavy atom. The molecule has 0 radical (unpaired) electrons. The molecule has 5 rings (SSSR count). The zero-order valence-electron chi connectivity index (χ0n) is 19.1. The number of carbonyl (C=O) groups excluding carboxylic acids is 1. The summed E-state index contributed by atoms with van der Waals surface area (Å²) in [4.78, 5) is 17.2. The predicted molar refractivity (Wildman–Crippen MR) is 129 cm³/mol. The van der Waals surface area contributed by atoms with Crippen molar-refractivity contribution in [2.75, 3.05) is 7.11 Å². The van der Waals surface area contributed by atoms with Crippen molar-refractivity contribution in [3.63, 3.8) is 0 Å². The number of aromatic hydroxyl groups is 1. The third-order valence-corrected chi connectivity index (χ3v) is 6.26. The maximum atomic E-state index is 12.9. The van der Waals surface area contributed by atoms with Crippen LogP contribution in [0.2, 0.25) is 0 Å². The number of methoxy groups -OCH3 is 1. The monoisotopic (exact) mass is 465 g/mol. The normalized spacial score (nSPS) is 14.2. The molecule has 0 bridgehead atoms. The van der Waals surface area contributed by atoms with Gasteiger partial charge < -0.3 is 15.2 Å². The number of nitriles is 1. The van der Waals surface area contributed by atoms with Crippen LogP contribution in [0.4, 0.5) is 0 Å². The predicted octanol–water partition coefficient (Wildman–Crippen LogP) is 4.13. The Balaban J connectivity index is 1.31. The van der Waals surface area contributed by atoms with Crippen LogP contribution in [0.1, 0.15) is 39.5 Å². The van der Waals surface area contributed by atoms with E-state index in [9.17, 15) is 9.90 Å². The molecule has 0 saturated carbocycles. The van der Waals surface area contributed by atoms with Crippen molar-refractivity contribution in [2.24, 2.45) is 0 Å². The number of ether oxygens (including phenoxy) is 1. The summed E-state index contributed by atoms with van der Waals surface area (Å²) in [6.45, 7) is 0. The fourth-order valence-corrected chi connectivity index (χ4v) is 4.35. The molecular formula is C27H23N5O3. The van der Waals surface area contributed by atoms with E-state index in [1.54, 1.807) is 25.4 Å². The van der Waals surface area contributed by atoms with Crippen molar-refractivity contribution in [3.05, 3.63) is 89.2 Å². The van der Waals surface area contributed by atoms with Gasteiger partial charge in [0.25, 0.3) is 5.91 Å². The molecule has 2 heterocycles. The van der Waals surface area contributed by atoms with Crippen molar-refractivity contribution in [1.82, 2.24) is 20.1 Å². The molecule has 1 aliphatic carbocycles. The van der Waals surface area contributed by atoms with Crippen LogP contribution in [0.25, 0.3) is 16.9 Å². The summed E-state index contributed by atoms with van der Waals surface area (Å²) in [5, 5.41) is 26.9. The maximum absolute atomic E-state index is 12.9. The highest BCUT2D eigenvalue weighted by atomic mass is 16.5. The van der Waals surface area contributed by atoms with Crippen LogP contribution in [0, 0.1) is 11.3 Å². The largest absolute Gasteiger partial charge is 0.497 e. The molecule has 4 aromatic rings. The fourth-order valence-electron chi connectivity index (χ4n) is 4.35. The molecule has 1 unspecified atom stereocenters. The summed E-state index contributed by atoms with van der Waals surface area (Å²) < 4.78 is 6.64. The standard InChI is InChI=1S/C27H23N5O3/c1-35-21-9-6-18-7-10-24(22(18)14-21)31-26(33)20-8-11-25(29-15-20)32-27(34)23(16-30-32)19-4-2-17(3-5-19)12-13-28/h2-6,8-9,11,14-16,24,34H,7,10,12H2,1H3,(H,31,33).